The van der Waals surface area contributed by atoms with Gasteiger partial charge < -0.3 is 20.3 Å². The molecule has 6 heteroatoms. The zero-order valence-corrected chi connectivity index (χ0v) is 11.2. The van der Waals surface area contributed by atoms with Crippen LogP contribution < -0.4 is 5.32 Å². The van der Waals surface area contributed by atoms with E-state index in [2.05, 4.69) is 5.32 Å². The van der Waals surface area contributed by atoms with Gasteiger partial charge in [0.25, 0.3) is 0 Å². The molecule has 1 rings (SSSR count). The van der Waals surface area contributed by atoms with Crippen LogP contribution in [-0.4, -0.2) is 42.5 Å². The third-order valence-electron chi connectivity index (χ3n) is 2.36. The van der Waals surface area contributed by atoms with Crippen molar-refractivity contribution in [2.45, 2.75) is 25.5 Å². The molecule has 1 aromatic heterocycles. The average molecular weight is 273 g/mol. The van der Waals surface area contributed by atoms with Crippen LogP contribution in [0, 0.1) is 0 Å². The third kappa shape index (κ3) is 6.11. The molecule has 1 heterocycles. The number of nitrogens with one attached hydrogen (secondary N) is 1. The van der Waals surface area contributed by atoms with Gasteiger partial charge in [0, 0.05) is 23.4 Å². The molecule has 0 radical (unpaired) electrons. The Morgan fingerprint density at radius 1 is 1.50 bits per heavy atom. The van der Waals surface area contributed by atoms with E-state index in [9.17, 15) is 9.90 Å². The average Bonchev–Trinajstić information content (AvgIpc) is 2.71. The normalized spacial score (nSPS) is 12.6. The Labute approximate surface area is 110 Å². The number of rotatable bonds is 9. The SMILES string of the molecule is COCC(O)CCNCc1ccc(CC(=O)O)s1. The summed E-state index contributed by atoms with van der Waals surface area (Å²) in [5.41, 5.74) is 0. The first-order valence-electron chi connectivity index (χ1n) is 5.79. The molecule has 0 saturated heterocycles. The lowest BCUT2D eigenvalue weighted by molar-refractivity contribution is -0.136. The van der Waals surface area contributed by atoms with Crippen molar-refractivity contribution in [3.63, 3.8) is 0 Å². The summed E-state index contributed by atoms with van der Waals surface area (Å²) < 4.78 is 4.83. The van der Waals surface area contributed by atoms with Gasteiger partial charge in [-0.1, -0.05) is 0 Å². The number of carbonyl (C=O) groups is 1. The van der Waals surface area contributed by atoms with Gasteiger partial charge in [-0.3, -0.25) is 4.79 Å². The summed E-state index contributed by atoms with van der Waals surface area (Å²) >= 11 is 1.50. The summed E-state index contributed by atoms with van der Waals surface area (Å²) in [6.45, 7) is 1.75. The van der Waals surface area contributed by atoms with Crippen molar-refractivity contribution in [1.29, 1.82) is 0 Å². The maximum atomic E-state index is 10.5. The number of carboxylic acid groups (broad SMARTS) is 1. The molecule has 0 spiro atoms. The highest BCUT2D eigenvalue weighted by molar-refractivity contribution is 7.12. The first-order chi connectivity index (χ1) is 8.61. The monoisotopic (exact) mass is 273 g/mol. The largest absolute Gasteiger partial charge is 0.481 e. The minimum atomic E-state index is -0.806. The molecule has 0 aliphatic carbocycles. The zero-order valence-electron chi connectivity index (χ0n) is 10.4. The maximum absolute atomic E-state index is 10.5. The van der Waals surface area contributed by atoms with E-state index in [0.29, 0.717) is 26.1 Å². The Morgan fingerprint density at radius 2 is 2.22 bits per heavy atom. The molecule has 0 aliphatic heterocycles. The van der Waals surface area contributed by atoms with E-state index >= 15 is 0 Å². The summed E-state index contributed by atoms with van der Waals surface area (Å²) in [5, 5.41) is 21.3. The second kappa shape index (κ2) is 8.20. The number of aliphatic carboxylic acids is 1. The van der Waals surface area contributed by atoms with Gasteiger partial charge in [0.2, 0.25) is 0 Å². The Bertz CT molecular complexity index is 367. The Kier molecular flexibility index (Phi) is 6.89. The Balaban J connectivity index is 2.19. The lowest BCUT2D eigenvalue weighted by Crippen LogP contribution is -2.22. The smallest absolute Gasteiger partial charge is 0.308 e. The number of hydrogen-bond donors (Lipinski definition) is 3. The van der Waals surface area contributed by atoms with Crippen molar-refractivity contribution in [2.24, 2.45) is 0 Å². The summed E-state index contributed by atoms with van der Waals surface area (Å²) in [6.07, 6.45) is 0.284. The van der Waals surface area contributed by atoms with Crippen LogP contribution in [0.15, 0.2) is 12.1 Å². The van der Waals surface area contributed by atoms with Gasteiger partial charge in [-0.05, 0) is 25.1 Å². The fourth-order valence-corrected chi connectivity index (χ4v) is 2.50. The molecule has 102 valence electrons. The van der Waals surface area contributed by atoms with Crippen molar-refractivity contribution in [3.05, 3.63) is 21.9 Å². The predicted molar refractivity (Wildman–Crippen MR) is 69.9 cm³/mol. The third-order valence-corrected chi connectivity index (χ3v) is 3.44. The predicted octanol–water partition coefficient (Wildman–Crippen LogP) is 0.862. The van der Waals surface area contributed by atoms with Crippen LogP contribution >= 0.6 is 11.3 Å². The fraction of sp³-hybridized carbons (Fsp3) is 0.583. The van der Waals surface area contributed by atoms with Crippen molar-refractivity contribution >= 4 is 17.3 Å². The van der Waals surface area contributed by atoms with E-state index < -0.39 is 12.1 Å². The molecule has 1 atom stereocenters. The molecule has 1 unspecified atom stereocenters. The van der Waals surface area contributed by atoms with Crippen molar-refractivity contribution in [1.82, 2.24) is 5.32 Å². The number of carboxylic acids is 1. The van der Waals surface area contributed by atoms with Crippen LogP contribution in [-0.2, 0) is 22.5 Å². The maximum Gasteiger partial charge on any atom is 0.308 e. The molecule has 0 fully saturated rings. The highest BCUT2D eigenvalue weighted by atomic mass is 32.1. The van der Waals surface area contributed by atoms with Crippen LogP contribution in [0.5, 0.6) is 0 Å². The summed E-state index contributed by atoms with van der Waals surface area (Å²) in [5.74, 6) is -0.806. The van der Waals surface area contributed by atoms with E-state index in [1.54, 1.807) is 7.11 Å². The number of hydrogen-bond acceptors (Lipinski definition) is 5. The molecule has 0 amide bonds. The van der Waals surface area contributed by atoms with E-state index in [1.807, 2.05) is 12.1 Å². The van der Waals surface area contributed by atoms with Crippen LogP contribution in [0.25, 0.3) is 0 Å². The van der Waals surface area contributed by atoms with Gasteiger partial charge in [0.1, 0.15) is 0 Å². The second-order valence-electron chi connectivity index (χ2n) is 4.01. The van der Waals surface area contributed by atoms with E-state index in [-0.39, 0.29) is 6.42 Å². The van der Waals surface area contributed by atoms with Crippen LogP contribution in [0.4, 0.5) is 0 Å². The van der Waals surface area contributed by atoms with Crippen LogP contribution in [0.3, 0.4) is 0 Å². The van der Waals surface area contributed by atoms with E-state index in [1.165, 1.54) is 11.3 Å². The summed E-state index contributed by atoms with van der Waals surface area (Å²) in [6, 6.07) is 3.77. The molecule has 3 N–H and O–H groups in total. The standard InChI is InChI=1S/C12H19NO4S/c1-17-8-9(14)4-5-13-7-11-3-2-10(18-11)6-12(15)16/h2-3,9,13-14H,4-8H2,1H3,(H,15,16). The zero-order chi connectivity index (χ0) is 13.4. The molecule has 1 aromatic rings. The topological polar surface area (TPSA) is 78.8 Å². The minimum absolute atomic E-state index is 0.0806. The minimum Gasteiger partial charge on any atom is -0.481 e. The molecular formula is C12H19NO4S. The van der Waals surface area contributed by atoms with Gasteiger partial charge in [-0.2, -0.15) is 0 Å². The quantitative estimate of drug-likeness (QED) is 0.582. The number of ether oxygens (including phenoxy) is 1. The number of aliphatic hydroxyl groups is 1. The number of methoxy groups -OCH3 is 1. The van der Waals surface area contributed by atoms with Gasteiger partial charge in [0.05, 0.1) is 19.1 Å². The van der Waals surface area contributed by atoms with E-state index in [4.69, 9.17) is 9.84 Å². The highest BCUT2D eigenvalue weighted by Crippen LogP contribution is 2.16. The second-order valence-corrected chi connectivity index (χ2v) is 5.27. The van der Waals surface area contributed by atoms with E-state index in [0.717, 1.165) is 9.75 Å². The molecule has 18 heavy (non-hydrogen) atoms. The molecule has 0 bridgehead atoms. The summed E-state index contributed by atoms with van der Waals surface area (Å²) in [4.78, 5) is 12.5. The lowest BCUT2D eigenvalue weighted by atomic mass is 10.2. The Morgan fingerprint density at radius 3 is 2.89 bits per heavy atom. The number of thiophene rings is 1. The van der Waals surface area contributed by atoms with Crippen LogP contribution in [0.1, 0.15) is 16.2 Å². The molecule has 0 aliphatic rings. The first-order valence-corrected chi connectivity index (χ1v) is 6.60. The van der Waals surface area contributed by atoms with Gasteiger partial charge >= 0.3 is 5.97 Å². The first kappa shape index (κ1) is 15.1. The van der Waals surface area contributed by atoms with Gasteiger partial charge in [-0.15, -0.1) is 11.3 Å². The highest BCUT2D eigenvalue weighted by Gasteiger charge is 2.05. The van der Waals surface area contributed by atoms with Gasteiger partial charge in [0.15, 0.2) is 0 Å². The number of aliphatic hydroxyl groups excluding tert-OH is 1. The molecule has 0 saturated carbocycles. The lowest BCUT2D eigenvalue weighted by Gasteiger charge is -2.09. The molecule has 5 nitrogen and oxygen atoms in total. The molecular weight excluding hydrogens is 254 g/mol. The van der Waals surface area contributed by atoms with Crippen molar-refractivity contribution in [3.8, 4) is 0 Å². The Hall–Kier alpha value is -0.950. The van der Waals surface area contributed by atoms with Crippen molar-refractivity contribution < 1.29 is 19.7 Å². The van der Waals surface area contributed by atoms with Crippen LogP contribution in [0.2, 0.25) is 0 Å². The van der Waals surface area contributed by atoms with Gasteiger partial charge in [-0.25, -0.2) is 0 Å². The van der Waals surface area contributed by atoms with Crippen molar-refractivity contribution in [2.75, 3.05) is 20.3 Å². The summed E-state index contributed by atoms with van der Waals surface area (Å²) in [7, 11) is 1.56. The molecule has 0 aromatic carbocycles. The fourth-order valence-electron chi connectivity index (χ4n) is 1.52.